The van der Waals surface area contributed by atoms with E-state index >= 15 is 0 Å². The molecular weight excluding hydrogens is 354 g/mol. The summed E-state index contributed by atoms with van der Waals surface area (Å²) in [6.45, 7) is 3.17. The molecule has 1 saturated heterocycles. The predicted molar refractivity (Wildman–Crippen MR) is 98.4 cm³/mol. The third-order valence-electron chi connectivity index (χ3n) is 4.55. The standard InChI is InChI=1S/C17H23N5O3S/c1-14-16(13-18-22(14)15-7-5-4-6-8-15)17(23)20-9-11-21(12-10-20)26(24,25)19(2)3/h4-8,13H,9-12H2,1-3H3. The van der Waals surface area contributed by atoms with E-state index in [1.165, 1.54) is 22.7 Å². The van der Waals surface area contributed by atoms with Crippen molar-refractivity contribution in [2.45, 2.75) is 6.92 Å². The highest BCUT2D eigenvalue weighted by molar-refractivity contribution is 7.86. The molecule has 1 amide bonds. The monoisotopic (exact) mass is 377 g/mol. The predicted octanol–water partition coefficient (Wildman–Crippen LogP) is 0.745. The van der Waals surface area contributed by atoms with Crippen LogP contribution in [0.4, 0.5) is 0 Å². The number of benzene rings is 1. The number of carbonyl (C=O) groups is 1. The first kappa shape index (κ1) is 18.6. The van der Waals surface area contributed by atoms with Gasteiger partial charge in [-0.2, -0.15) is 22.1 Å². The largest absolute Gasteiger partial charge is 0.336 e. The van der Waals surface area contributed by atoms with Gasteiger partial charge in [-0.1, -0.05) is 18.2 Å². The van der Waals surface area contributed by atoms with Crippen LogP contribution in [0.1, 0.15) is 16.1 Å². The summed E-state index contributed by atoms with van der Waals surface area (Å²) in [6, 6.07) is 9.62. The first-order valence-electron chi connectivity index (χ1n) is 8.39. The fourth-order valence-electron chi connectivity index (χ4n) is 2.97. The maximum atomic E-state index is 12.8. The molecule has 0 N–H and O–H groups in total. The van der Waals surface area contributed by atoms with Gasteiger partial charge in [0.05, 0.1) is 23.1 Å². The first-order valence-corrected chi connectivity index (χ1v) is 9.79. The lowest BCUT2D eigenvalue weighted by atomic mass is 10.2. The Hall–Kier alpha value is -2.23. The van der Waals surface area contributed by atoms with Gasteiger partial charge in [0.2, 0.25) is 0 Å². The molecule has 1 aliphatic heterocycles. The molecule has 1 fully saturated rings. The van der Waals surface area contributed by atoms with Crippen molar-refractivity contribution in [3.05, 3.63) is 47.8 Å². The summed E-state index contributed by atoms with van der Waals surface area (Å²) in [5, 5.41) is 4.34. The van der Waals surface area contributed by atoms with Gasteiger partial charge >= 0.3 is 0 Å². The second-order valence-corrected chi connectivity index (χ2v) is 8.51. The van der Waals surface area contributed by atoms with Gasteiger partial charge < -0.3 is 4.90 Å². The van der Waals surface area contributed by atoms with Gasteiger partial charge in [-0.3, -0.25) is 4.79 Å². The van der Waals surface area contributed by atoms with E-state index in [1.807, 2.05) is 37.3 Å². The molecule has 2 heterocycles. The Morgan fingerprint density at radius 1 is 1.08 bits per heavy atom. The highest BCUT2D eigenvalue weighted by Crippen LogP contribution is 2.17. The van der Waals surface area contributed by atoms with Crippen LogP contribution in [-0.4, -0.2) is 77.9 Å². The van der Waals surface area contributed by atoms with Gasteiger partial charge in [-0.25, -0.2) is 4.68 Å². The second kappa shape index (κ2) is 7.18. The smallest absolute Gasteiger partial charge is 0.281 e. The summed E-state index contributed by atoms with van der Waals surface area (Å²) >= 11 is 0. The summed E-state index contributed by atoms with van der Waals surface area (Å²) in [7, 11) is -0.425. The van der Waals surface area contributed by atoms with Gasteiger partial charge in [-0.05, 0) is 19.1 Å². The summed E-state index contributed by atoms with van der Waals surface area (Å²) < 4.78 is 28.7. The van der Waals surface area contributed by atoms with E-state index in [2.05, 4.69) is 5.10 Å². The fraction of sp³-hybridized carbons (Fsp3) is 0.412. The van der Waals surface area contributed by atoms with Crippen molar-refractivity contribution >= 4 is 16.1 Å². The van der Waals surface area contributed by atoms with Crippen molar-refractivity contribution in [3.8, 4) is 5.69 Å². The summed E-state index contributed by atoms with van der Waals surface area (Å²) in [5.74, 6) is -0.119. The Balaban J connectivity index is 1.73. The number of nitrogens with zero attached hydrogens (tertiary/aromatic N) is 5. The molecule has 26 heavy (non-hydrogen) atoms. The van der Waals surface area contributed by atoms with E-state index in [9.17, 15) is 13.2 Å². The number of aromatic nitrogens is 2. The fourth-order valence-corrected chi connectivity index (χ4v) is 4.06. The lowest BCUT2D eigenvalue weighted by Crippen LogP contribution is -2.53. The molecule has 1 aromatic carbocycles. The third kappa shape index (κ3) is 3.37. The van der Waals surface area contributed by atoms with Crippen LogP contribution in [0, 0.1) is 6.92 Å². The van der Waals surface area contributed by atoms with Crippen molar-refractivity contribution in [2.24, 2.45) is 0 Å². The SMILES string of the molecule is Cc1c(C(=O)N2CCN(S(=O)(=O)N(C)C)CC2)cnn1-c1ccccc1. The molecule has 0 atom stereocenters. The van der Waals surface area contributed by atoms with Crippen LogP contribution in [-0.2, 0) is 10.2 Å². The molecule has 1 aromatic heterocycles. The number of hydrogen-bond donors (Lipinski definition) is 0. The zero-order chi connectivity index (χ0) is 18.9. The van der Waals surface area contributed by atoms with E-state index in [1.54, 1.807) is 15.8 Å². The maximum Gasteiger partial charge on any atom is 0.281 e. The topological polar surface area (TPSA) is 78.8 Å². The average Bonchev–Trinajstić information content (AvgIpc) is 3.03. The van der Waals surface area contributed by atoms with Crippen LogP contribution < -0.4 is 0 Å². The lowest BCUT2D eigenvalue weighted by molar-refractivity contribution is 0.0694. The van der Waals surface area contributed by atoms with Crippen LogP contribution in [0.3, 0.4) is 0 Å². The van der Waals surface area contributed by atoms with Gasteiger partial charge in [0.1, 0.15) is 0 Å². The van der Waals surface area contributed by atoms with E-state index < -0.39 is 10.2 Å². The number of piperazine rings is 1. The maximum absolute atomic E-state index is 12.8. The van der Waals surface area contributed by atoms with Crippen LogP contribution >= 0.6 is 0 Å². The minimum absolute atomic E-state index is 0.119. The zero-order valence-electron chi connectivity index (χ0n) is 15.2. The number of hydrogen-bond acceptors (Lipinski definition) is 4. The number of para-hydroxylation sites is 1. The zero-order valence-corrected chi connectivity index (χ0v) is 16.0. The minimum Gasteiger partial charge on any atom is -0.336 e. The molecule has 3 rings (SSSR count). The van der Waals surface area contributed by atoms with Gasteiger partial charge in [-0.15, -0.1) is 0 Å². The first-order chi connectivity index (χ1) is 12.3. The Morgan fingerprint density at radius 2 is 1.69 bits per heavy atom. The van der Waals surface area contributed by atoms with Crippen molar-refractivity contribution in [1.82, 2.24) is 23.3 Å². The van der Waals surface area contributed by atoms with E-state index in [-0.39, 0.29) is 19.0 Å². The number of rotatable bonds is 4. The Bertz CT molecular complexity index is 884. The molecule has 1 aliphatic rings. The van der Waals surface area contributed by atoms with Gasteiger partial charge in [0.25, 0.3) is 16.1 Å². The Kier molecular flexibility index (Phi) is 5.12. The minimum atomic E-state index is -3.44. The molecule has 0 radical (unpaired) electrons. The Labute approximate surface area is 153 Å². The van der Waals surface area contributed by atoms with Crippen LogP contribution in [0.5, 0.6) is 0 Å². The quantitative estimate of drug-likeness (QED) is 0.787. The molecule has 2 aromatic rings. The molecule has 0 unspecified atom stereocenters. The van der Waals surface area contributed by atoms with Gasteiger partial charge in [0.15, 0.2) is 0 Å². The summed E-state index contributed by atoms with van der Waals surface area (Å²) in [4.78, 5) is 14.5. The van der Waals surface area contributed by atoms with Crippen molar-refractivity contribution < 1.29 is 13.2 Å². The summed E-state index contributed by atoms with van der Waals surface area (Å²) in [5.41, 5.74) is 2.20. The normalized spacial score (nSPS) is 16.2. The number of amides is 1. The van der Waals surface area contributed by atoms with E-state index in [4.69, 9.17) is 0 Å². The number of carbonyl (C=O) groups excluding carboxylic acids is 1. The molecule has 0 saturated carbocycles. The lowest BCUT2D eigenvalue weighted by Gasteiger charge is -2.35. The van der Waals surface area contributed by atoms with Crippen molar-refractivity contribution in [2.75, 3.05) is 40.3 Å². The Morgan fingerprint density at radius 3 is 2.27 bits per heavy atom. The van der Waals surface area contributed by atoms with Crippen LogP contribution in [0.15, 0.2) is 36.5 Å². The molecule has 8 nitrogen and oxygen atoms in total. The molecule has 140 valence electrons. The molecule has 0 spiro atoms. The van der Waals surface area contributed by atoms with E-state index in [0.29, 0.717) is 18.7 Å². The second-order valence-electron chi connectivity index (χ2n) is 6.37. The highest BCUT2D eigenvalue weighted by atomic mass is 32.2. The average molecular weight is 377 g/mol. The van der Waals surface area contributed by atoms with Crippen molar-refractivity contribution in [1.29, 1.82) is 0 Å². The summed E-state index contributed by atoms with van der Waals surface area (Å²) in [6.07, 6.45) is 1.58. The molecular formula is C17H23N5O3S. The third-order valence-corrected chi connectivity index (χ3v) is 6.50. The van der Waals surface area contributed by atoms with Crippen LogP contribution in [0.25, 0.3) is 5.69 Å². The molecule has 0 aliphatic carbocycles. The van der Waals surface area contributed by atoms with Crippen LogP contribution in [0.2, 0.25) is 0 Å². The molecule has 0 bridgehead atoms. The van der Waals surface area contributed by atoms with E-state index in [0.717, 1.165) is 11.4 Å². The van der Waals surface area contributed by atoms with Crippen molar-refractivity contribution in [3.63, 3.8) is 0 Å². The highest BCUT2D eigenvalue weighted by Gasteiger charge is 2.31. The molecule has 9 heteroatoms. The van der Waals surface area contributed by atoms with Gasteiger partial charge in [0, 0.05) is 40.3 Å².